The number of nitrogens with one attached hydrogen (secondary N) is 3. The van der Waals surface area contributed by atoms with Gasteiger partial charge in [-0.3, -0.25) is 14.4 Å². The van der Waals surface area contributed by atoms with Crippen molar-refractivity contribution in [3.8, 4) is 6.07 Å². The summed E-state index contributed by atoms with van der Waals surface area (Å²) < 4.78 is 59.5. The monoisotopic (exact) mass is 1480 g/mol. The smallest absolute Gasteiger partial charge is 0.220 e. The maximum Gasteiger partial charge on any atom is 0.220 e. The number of amides is 3. The van der Waals surface area contributed by atoms with E-state index < -0.39 is 241 Å². The topological polar surface area (TPSA) is 604 Å². The largest absolute Gasteiger partial charge is 0.544 e. The molecule has 6 rings (SSSR count). The Morgan fingerprint density at radius 3 is 1.63 bits per heavy atom. The zero-order chi connectivity index (χ0) is 75.0. The lowest BCUT2D eigenvalue weighted by molar-refractivity contribution is -0.421. The minimum Gasteiger partial charge on any atom is -0.544 e. The molecule has 0 spiro atoms. The third-order valence-electron chi connectivity index (χ3n) is 18.8. The molecule has 3 amide bonds. The number of quaternary nitrogens is 1. The third-order valence-corrected chi connectivity index (χ3v) is 18.8. The second-order valence-corrected chi connectivity index (χ2v) is 26.6. The average molecular weight is 1480 g/mol. The molecule has 0 aliphatic carbocycles. The molecule has 590 valence electrons. The molecule has 2 unspecified atom stereocenters. The molecule has 36 heteroatoms. The Hall–Kier alpha value is -4.75. The van der Waals surface area contributed by atoms with E-state index in [1.165, 1.54) is 69.9 Å². The second kappa shape index (κ2) is 43.9. The van der Waals surface area contributed by atoms with Crippen LogP contribution in [0.5, 0.6) is 0 Å². The first-order valence-electron chi connectivity index (χ1n) is 35.0. The molecule has 36 nitrogen and oxygen atoms in total. The number of ether oxygens (including phenoxy) is 10. The lowest BCUT2D eigenvalue weighted by Crippen LogP contribution is -2.73. The van der Waals surface area contributed by atoms with E-state index in [0.29, 0.717) is 17.5 Å². The first-order chi connectivity index (χ1) is 48.7. The van der Waals surface area contributed by atoms with E-state index in [1.807, 2.05) is 6.07 Å². The van der Waals surface area contributed by atoms with E-state index in [1.54, 1.807) is 24.3 Å². The highest BCUT2D eigenvalue weighted by Crippen LogP contribution is 2.41. The molecular formula is C67H111N5O31. The maximum atomic E-state index is 13.7. The van der Waals surface area contributed by atoms with Crippen molar-refractivity contribution in [2.24, 2.45) is 0 Å². The minimum absolute atomic E-state index is 0. The van der Waals surface area contributed by atoms with Crippen LogP contribution in [0.15, 0.2) is 30.3 Å². The summed E-state index contributed by atoms with van der Waals surface area (Å²) in [6, 6.07) is 3.37. The average Bonchev–Trinajstić information content (AvgIpc) is 0.750. The molecule has 28 atom stereocenters. The molecular weight excluding hydrogens is 1370 g/mol. The van der Waals surface area contributed by atoms with Crippen LogP contribution >= 0.6 is 0 Å². The number of nitrogens with zero attached hydrogens (tertiary/aromatic N) is 1. The van der Waals surface area contributed by atoms with Gasteiger partial charge in [-0.2, -0.15) is 5.26 Å². The van der Waals surface area contributed by atoms with Crippen molar-refractivity contribution in [3.63, 3.8) is 0 Å². The number of carboxylic acids is 1. The standard InChI is InChI=1S/C67H108N4O31.H3N/c1-4-5-6-7-8-9-10-11-12-13-14-15-16-17-18-19-46(82)71-38(39(79)25-24-36-20-22-37(27-68)23-21-36)33-93-63-55(89)53(87)57(44(31-75)96-63)98-65-56(90)61(102-67(66(91)92)26-40(80)47(69-34(2)77)60(101-67)49(83)41(81)28-72)58(45(32-76)97-65)99-62-48(70-35(3)78)59(51(85)43(30-74)94-62)100-64-54(88)52(86)50(84)42(29-73)95-64;/h20-25,38-45,47-65,72-76,79-81,83-90H,4-19,26,28-33H2,1-3H3,(H,69,77)(H,70,78)(H,71,82)(H,91,92);1H3/b25-24+;/t38-,39+,40-,41+,42+,43+,44+,45+,47?,48+,49+,50-,51-,52-,53+,54+,55+,56+,57+,58-,59+,60?,61+,62-,63+,64-,65-,67-;/m0./s1. The minimum atomic E-state index is -3.51. The maximum absolute atomic E-state index is 13.7. The Labute approximate surface area is 596 Å². The number of carbonyl (C=O) groups is 4. The number of carbonyl (C=O) groups excluding carboxylic acids is 4. The van der Waals surface area contributed by atoms with Crippen LogP contribution in [-0.4, -0.2) is 316 Å². The van der Waals surface area contributed by atoms with Crippen LogP contribution in [0.1, 0.15) is 141 Å². The lowest BCUT2D eigenvalue weighted by atomic mass is 9.88. The van der Waals surface area contributed by atoms with Gasteiger partial charge in [-0.1, -0.05) is 121 Å². The van der Waals surface area contributed by atoms with Crippen molar-refractivity contribution in [2.45, 2.75) is 301 Å². The van der Waals surface area contributed by atoms with Crippen molar-refractivity contribution in [2.75, 3.05) is 39.6 Å². The van der Waals surface area contributed by atoms with Gasteiger partial charge >= 0.3 is 0 Å². The number of unbranched alkanes of at least 4 members (excludes halogenated alkanes) is 14. The quantitative estimate of drug-likeness (QED) is 0.0272. The van der Waals surface area contributed by atoms with Crippen molar-refractivity contribution in [1.82, 2.24) is 22.1 Å². The highest BCUT2D eigenvalue weighted by Gasteiger charge is 2.61. The summed E-state index contributed by atoms with van der Waals surface area (Å²) in [4.78, 5) is 52.7. The van der Waals surface area contributed by atoms with Gasteiger partial charge in [0, 0.05) is 26.7 Å². The molecule has 1 aromatic rings. The summed E-state index contributed by atoms with van der Waals surface area (Å²) in [6.45, 7) is -2.17. The SMILES string of the molecule is CCCCCCCCCCCCCCCCCC(=O)N[C@@H](CO[C@@H]1O[C@H](CO)[C@@H](O[C@@H]2O[C@H](CO)[C@H](O[C@@H]3O[C@H](CO)[C@H](O)[C@H](O[C@@H]4O[C@H](CO)[C@H](O)[C@H](O)[C@H]4O)[C@H]3NC(C)=O)[C@H](O[C@]3(C(=O)[O-])C[C@H](O)C(NC(C)=O)C([C@H](O)[C@H](O)CO)O3)[C@H]2O)[C@H](O)[C@H]1O)[C@H](O)/C=C/c1ccc(C#N)cc1.[NH4+]. The molecule has 0 saturated carbocycles. The number of hydrogen-bond acceptors (Lipinski definition) is 32. The van der Waals surface area contributed by atoms with Crippen molar-refractivity contribution < 1.29 is 153 Å². The first-order valence-corrected chi connectivity index (χ1v) is 35.0. The molecule has 1 aromatic carbocycles. The zero-order valence-corrected chi connectivity index (χ0v) is 58.5. The van der Waals surface area contributed by atoms with E-state index in [4.69, 9.17) is 47.4 Å². The Bertz CT molecular complexity index is 2740. The molecule has 0 bridgehead atoms. The summed E-state index contributed by atoms with van der Waals surface area (Å²) in [5, 5.41) is 208. The van der Waals surface area contributed by atoms with Crippen LogP contribution < -0.4 is 27.2 Å². The van der Waals surface area contributed by atoms with Crippen LogP contribution in [-0.2, 0) is 66.5 Å². The Morgan fingerprint density at radius 2 is 1.09 bits per heavy atom. The number of rotatable bonds is 41. The second-order valence-electron chi connectivity index (χ2n) is 26.6. The fraction of sp³-hybridized carbons (Fsp3) is 0.806. The predicted octanol–water partition coefficient (Wildman–Crippen LogP) is -5.67. The van der Waals surface area contributed by atoms with Crippen LogP contribution in [0.25, 0.3) is 6.08 Å². The van der Waals surface area contributed by atoms with Gasteiger partial charge in [0.2, 0.25) is 23.5 Å². The highest BCUT2D eigenvalue weighted by molar-refractivity contribution is 5.76. The summed E-state index contributed by atoms with van der Waals surface area (Å²) in [6.07, 6.45) is -32.1. The Balaban J connectivity index is 0.0000191. The fourth-order valence-electron chi connectivity index (χ4n) is 13.0. The van der Waals surface area contributed by atoms with Crippen LogP contribution in [0.3, 0.4) is 0 Å². The van der Waals surface area contributed by atoms with Gasteiger partial charge in [0.15, 0.2) is 25.2 Å². The normalized spacial score (nSPS) is 35.2. The molecule has 103 heavy (non-hydrogen) atoms. The molecule has 0 aromatic heterocycles. The van der Waals surface area contributed by atoms with Gasteiger partial charge in [-0.05, 0) is 24.1 Å². The van der Waals surface area contributed by atoms with Gasteiger partial charge in [0.25, 0.3) is 0 Å². The number of aliphatic hydroxyl groups excluding tert-OH is 16. The number of benzene rings is 1. The van der Waals surface area contributed by atoms with Crippen LogP contribution in [0.4, 0.5) is 0 Å². The fourth-order valence-corrected chi connectivity index (χ4v) is 13.0. The zero-order valence-electron chi connectivity index (χ0n) is 58.5. The summed E-state index contributed by atoms with van der Waals surface area (Å²) in [5.74, 6) is -8.23. The number of aliphatic carboxylic acids is 1. The van der Waals surface area contributed by atoms with Crippen LogP contribution in [0, 0.1) is 11.3 Å². The van der Waals surface area contributed by atoms with Gasteiger partial charge in [0.05, 0.1) is 75.6 Å². The van der Waals surface area contributed by atoms with E-state index >= 15 is 0 Å². The summed E-state index contributed by atoms with van der Waals surface area (Å²) in [7, 11) is 0. The van der Waals surface area contributed by atoms with E-state index in [0.717, 1.165) is 46.0 Å². The Kier molecular flexibility index (Phi) is 37.9. The number of hydrogen-bond donors (Lipinski definition) is 20. The van der Waals surface area contributed by atoms with Crippen molar-refractivity contribution >= 4 is 29.8 Å². The summed E-state index contributed by atoms with van der Waals surface area (Å²) >= 11 is 0. The summed E-state index contributed by atoms with van der Waals surface area (Å²) in [5.41, 5.74) is 0.948. The van der Waals surface area contributed by atoms with Crippen LogP contribution in [0.2, 0.25) is 0 Å². The molecule has 5 saturated heterocycles. The molecule has 5 aliphatic rings. The number of nitriles is 1. The van der Waals surface area contributed by atoms with Gasteiger partial charge in [-0.15, -0.1) is 0 Å². The molecule has 5 fully saturated rings. The molecule has 5 aliphatic heterocycles. The van der Waals surface area contributed by atoms with Gasteiger partial charge < -0.3 is 161 Å². The van der Waals surface area contributed by atoms with Gasteiger partial charge in [0.1, 0.15) is 122 Å². The molecule has 0 radical (unpaired) electrons. The van der Waals surface area contributed by atoms with E-state index in [2.05, 4.69) is 22.9 Å². The number of aliphatic hydroxyl groups is 16. The molecule has 23 N–H and O–H groups in total. The van der Waals surface area contributed by atoms with Gasteiger partial charge in [-0.25, -0.2) is 0 Å². The Morgan fingerprint density at radius 1 is 0.602 bits per heavy atom. The first kappa shape index (κ1) is 88.9. The highest BCUT2D eigenvalue weighted by atomic mass is 16.8. The predicted molar refractivity (Wildman–Crippen MR) is 352 cm³/mol. The van der Waals surface area contributed by atoms with E-state index in [-0.39, 0.29) is 12.6 Å². The lowest BCUT2D eigenvalue weighted by Gasteiger charge is -2.54. The molecule has 5 heterocycles. The van der Waals surface area contributed by atoms with Crippen molar-refractivity contribution in [3.05, 3.63) is 41.5 Å². The van der Waals surface area contributed by atoms with Crippen molar-refractivity contribution in [1.29, 1.82) is 5.26 Å². The third kappa shape index (κ3) is 24.6. The van der Waals surface area contributed by atoms with E-state index in [9.17, 15) is 111 Å². The number of carboxylic acid groups (broad SMARTS) is 1.